The van der Waals surface area contributed by atoms with Crippen molar-refractivity contribution >= 4 is 33.3 Å². The lowest BCUT2D eigenvalue weighted by Crippen LogP contribution is -2.37. The van der Waals surface area contributed by atoms with Gasteiger partial charge >= 0.3 is 0 Å². The van der Waals surface area contributed by atoms with Crippen molar-refractivity contribution in [3.05, 3.63) is 101 Å². The fraction of sp³-hybridized carbons (Fsp3) is 0.241. The van der Waals surface area contributed by atoms with E-state index in [1.165, 1.54) is 23.5 Å². The minimum atomic E-state index is -0.798. The molecule has 0 saturated heterocycles. The molecule has 8 heteroatoms. The molecule has 1 unspecified atom stereocenters. The molecule has 1 fully saturated rings. The Balaban J connectivity index is 1.36. The molecule has 6 nitrogen and oxygen atoms in total. The molecule has 1 atom stereocenters. The Morgan fingerprint density at radius 1 is 1.03 bits per heavy atom. The number of rotatable bonds is 7. The zero-order valence-electron chi connectivity index (χ0n) is 20.6. The molecule has 1 saturated carbocycles. The number of fused-ring (bicyclic) bond motifs is 1. The molecule has 1 amide bonds. The minimum Gasteiger partial charge on any atom is -0.300 e. The summed E-state index contributed by atoms with van der Waals surface area (Å²) in [6.45, 7) is 3.93. The maximum absolute atomic E-state index is 13.7. The molecule has 0 bridgehead atoms. The van der Waals surface area contributed by atoms with Crippen LogP contribution in [0.3, 0.4) is 0 Å². The Kier molecular flexibility index (Phi) is 5.83. The minimum absolute atomic E-state index is 0.109. The Hall–Kier alpha value is -3.91. The largest absolute Gasteiger partial charge is 0.300 e. The van der Waals surface area contributed by atoms with E-state index < -0.39 is 5.41 Å². The van der Waals surface area contributed by atoms with Gasteiger partial charge in [0.25, 0.3) is 0 Å². The van der Waals surface area contributed by atoms with Crippen molar-refractivity contribution in [3.63, 3.8) is 0 Å². The molecule has 6 rings (SSSR count). The molecule has 5 aromatic rings. The van der Waals surface area contributed by atoms with Crippen LogP contribution in [0.4, 0.5) is 9.52 Å². The van der Waals surface area contributed by atoms with E-state index in [0.717, 1.165) is 45.6 Å². The van der Waals surface area contributed by atoms with E-state index in [2.05, 4.69) is 38.8 Å². The number of hydrogen-bond acceptors (Lipinski definition) is 5. The number of hydrogen-bond donors (Lipinski definition) is 1. The molecule has 0 aliphatic heterocycles. The number of carbonyl (C=O) groups is 1. The maximum Gasteiger partial charge on any atom is 0.232 e. The number of anilines is 1. The second-order valence-electron chi connectivity index (χ2n) is 10.1. The van der Waals surface area contributed by atoms with Crippen molar-refractivity contribution in [2.45, 2.75) is 38.5 Å². The average molecular weight is 512 g/mol. The fourth-order valence-corrected chi connectivity index (χ4v) is 5.77. The number of benzene rings is 3. The van der Waals surface area contributed by atoms with Crippen LogP contribution in [0, 0.1) is 11.2 Å². The number of nitrogens with zero attached hydrogens (tertiary/aromatic N) is 4. The Labute approximate surface area is 218 Å². The van der Waals surface area contributed by atoms with Gasteiger partial charge in [-0.2, -0.15) is 5.10 Å². The average Bonchev–Trinajstić information content (AvgIpc) is 3.50. The Morgan fingerprint density at radius 3 is 2.51 bits per heavy atom. The molecule has 1 aliphatic rings. The van der Waals surface area contributed by atoms with Crippen LogP contribution in [-0.4, -0.2) is 25.9 Å². The highest BCUT2D eigenvalue weighted by molar-refractivity contribution is 7.15. The summed E-state index contributed by atoms with van der Waals surface area (Å²) in [6, 6.07) is 22.5. The van der Waals surface area contributed by atoms with Gasteiger partial charge in [0.05, 0.1) is 22.8 Å². The lowest BCUT2D eigenvalue weighted by molar-refractivity contribution is -0.124. The first-order valence-electron chi connectivity index (χ1n) is 12.3. The van der Waals surface area contributed by atoms with Crippen LogP contribution in [0.5, 0.6) is 0 Å². The molecule has 2 aromatic heterocycles. The van der Waals surface area contributed by atoms with Crippen molar-refractivity contribution in [1.29, 1.82) is 0 Å². The lowest BCUT2D eigenvalue weighted by atomic mass is 9.70. The fourth-order valence-electron chi connectivity index (χ4n) is 4.86. The molecule has 0 radical (unpaired) electrons. The molecular weight excluding hydrogens is 485 g/mol. The summed E-state index contributed by atoms with van der Waals surface area (Å²) in [5.74, 6) is -0.119. The third kappa shape index (κ3) is 4.53. The molecule has 2 heterocycles. The van der Waals surface area contributed by atoms with Crippen LogP contribution < -0.4 is 5.32 Å². The second-order valence-corrected chi connectivity index (χ2v) is 11.1. The molecule has 37 heavy (non-hydrogen) atoms. The summed E-state index contributed by atoms with van der Waals surface area (Å²) in [7, 11) is 0. The van der Waals surface area contributed by atoms with E-state index in [-0.39, 0.29) is 17.6 Å². The zero-order chi connectivity index (χ0) is 25.6. The van der Waals surface area contributed by atoms with Crippen LogP contribution >= 0.6 is 11.3 Å². The van der Waals surface area contributed by atoms with Gasteiger partial charge in [0.1, 0.15) is 10.8 Å². The van der Waals surface area contributed by atoms with Crippen LogP contribution in [0.15, 0.2) is 79.0 Å². The van der Waals surface area contributed by atoms with Crippen molar-refractivity contribution in [1.82, 2.24) is 20.0 Å². The van der Waals surface area contributed by atoms with Gasteiger partial charge in [-0.15, -0.1) is 10.2 Å². The first-order valence-corrected chi connectivity index (χ1v) is 13.2. The zero-order valence-corrected chi connectivity index (χ0v) is 21.4. The lowest BCUT2D eigenvalue weighted by Gasteiger charge is -2.33. The molecule has 0 spiro atoms. The van der Waals surface area contributed by atoms with E-state index in [1.807, 2.05) is 44.2 Å². The van der Waals surface area contributed by atoms with Crippen LogP contribution in [-0.2, 0) is 4.79 Å². The number of amides is 1. The van der Waals surface area contributed by atoms with E-state index in [4.69, 9.17) is 0 Å². The summed E-state index contributed by atoms with van der Waals surface area (Å²) < 4.78 is 15.2. The number of aromatic nitrogens is 4. The molecule has 3 aromatic carbocycles. The van der Waals surface area contributed by atoms with Crippen molar-refractivity contribution in [3.8, 4) is 5.69 Å². The molecule has 1 N–H and O–H groups in total. The highest BCUT2D eigenvalue weighted by atomic mass is 32.1. The van der Waals surface area contributed by atoms with Gasteiger partial charge in [0.2, 0.25) is 11.0 Å². The molecule has 186 valence electrons. The predicted molar refractivity (Wildman–Crippen MR) is 144 cm³/mol. The van der Waals surface area contributed by atoms with Crippen LogP contribution in [0.25, 0.3) is 16.6 Å². The number of nitrogens with one attached hydrogen (secondary N) is 1. The Bertz CT molecular complexity index is 1570. The van der Waals surface area contributed by atoms with Gasteiger partial charge in [-0.3, -0.25) is 4.79 Å². The van der Waals surface area contributed by atoms with Gasteiger partial charge in [-0.25, -0.2) is 9.07 Å². The van der Waals surface area contributed by atoms with Crippen molar-refractivity contribution in [2.75, 3.05) is 5.32 Å². The summed E-state index contributed by atoms with van der Waals surface area (Å²) in [6.07, 6.45) is 4.09. The Morgan fingerprint density at radius 2 is 1.78 bits per heavy atom. The van der Waals surface area contributed by atoms with Crippen molar-refractivity contribution in [2.24, 2.45) is 5.41 Å². The second kappa shape index (κ2) is 9.19. The molecule has 1 aliphatic carbocycles. The smallest absolute Gasteiger partial charge is 0.232 e. The quantitative estimate of drug-likeness (QED) is 0.264. The maximum atomic E-state index is 13.7. The number of carbonyl (C=O) groups excluding carboxylic acids is 1. The van der Waals surface area contributed by atoms with E-state index in [0.29, 0.717) is 11.0 Å². The third-order valence-corrected chi connectivity index (χ3v) is 8.03. The highest BCUT2D eigenvalue weighted by Gasteiger charge is 2.39. The van der Waals surface area contributed by atoms with Gasteiger partial charge < -0.3 is 5.32 Å². The van der Waals surface area contributed by atoms with E-state index >= 15 is 0 Å². The SMILES string of the molecule is CC(C)(C(=O)Nc1nnc(C2CC2)s1)C(c1ccccc1)c1ccc2c(cnn2-c2ccc(F)cc2)c1. The first kappa shape index (κ1) is 23.5. The predicted octanol–water partition coefficient (Wildman–Crippen LogP) is 6.69. The third-order valence-electron chi connectivity index (χ3n) is 7.02. The van der Waals surface area contributed by atoms with Crippen LogP contribution in [0.2, 0.25) is 0 Å². The van der Waals surface area contributed by atoms with Gasteiger partial charge in [-0.05, 0) is 60.4 Å². The monoisotopic (exact) mass is 511 g/mol. The van der Waals surface area contributed by atoms with E-state index in [1.54, 1.807) is 23.0 Å². The summed E-state index contributed by atoms with van der Waals surface area (Å²) in [4.78, 5) is 13.7. The van der Waals surface area contributed by atoms with E-state index in [9.17, 15) is 9.18 Å². The van der Waals surface area contributed by atoms with Crippen LogP contribution in [0.1, 0.15) is 54.7 Å². The molecular formula is C29H26FN5OS. The van der Waals surface area contributed by atoms with Gasteiger partial charge in [-0.1, -0.05) is 61.6 Å². The standard InChI is InChI=1S/C29H26FN5OS/c1-29(2,27(36)32-28-34-33-26(37-28)19-8-9-19)25(18-6-4-3-5-7-18)20-10-15-24-21(16-20)17-31-35(24)23-13-11-22(30)12-14-23/h3-7,10-17,19,25H,8-9H2,1-2H3,(H,32,34,36). The highest BCUT2D eigenvalue weighted by Crippen LogP contribution is 2.44. The number of halogens is 1. The van der Waals surface area contributed by atoms with Gasteiger partial charge in [0.15, 0.2) is 0 Å². The van der Waals surface area contributed by atoms with Crippen molar-refractivity contribution < 1.29 is 9.18 Å². The summed E-state index contributed by atoms with van der Waals surface area (Å²) in [5, 5.41) is 18.5. The topological polar surface area (TPSA) is 72.7 Å². The summed E-state index contributed by atoms with van der Waals surface area (Å²) in [5.41, 5.74) is 2.95. The summed E-state index contributed by atoms with van der Waals surface area (Å²) >= 11 is 1.47. The normalized spacial score (nSPS) is 14.6. The van der Waals surface area contributed by atoms with Gasteiger partial charge in [0, 0.05) is 17.2 Å². The first-order chi connectivity index (χ1) is 17.9.